The van der Waals surface area contributed by atoms with Crippen LogP contribution in [-0.2, 0) is 4.74 Å². The molecular weight excluding hydrogens is 544 g/mol. The van der Waals surface area contributed by atoms with Crippen LogP contribution in [0.4, 0.5) is 0 Å². The highest BCUT2D eigenvalue weighted by molar-refractivity contribution is 5.22. The summed E-state index contributed by atoms with van der Waals surface area (Å²) in [4.78, 5) is 0. The molecule has 0 N–H and O–H groups in total. The van der Waals surface area contributed by atoms with E-state index in [2.05, 4.69) is 53.7 Å². The highest BCUT2D eigenvalue weighted by Crippen LogP contribution is 2.46. The van der Waals surface area contributed by atoms with Gasteiger partial charge in [-0.2, -0.15) is 0 Å². The molecule has 0 bridgehead atoms. The summed E-state index contributed by atoms with van der Waals surface area (Å²) in [6, 6.07) is 0. The Morgan fingerprint density at radius 1 is 0.489 bits per heavy atom. The molecule has 1 heteroatoms. The van der Waals surface area contributed by atoms with Crippen LogP contribution in [0.15, 0.2) is 23.3 Å². The highest BCUT2D eigenvalue weighted by Gasteiger charge is 2.38. The SMILES string of the molecule is CCCCCCCC1CCC(C2CC=C(C(C)(C)OC(C)(C)C3=CCC(C4CCC(CCCCCCC)CC4)CC3)CC2)CC1. The lowest BCUT2D eigenvalue weighted by atomic mass is 9.69. The Labute approximate surface area is 282 Å². The van der Waals surface area contributed by atoms with Gasteiger partial charge in [0.25, 0.3) is 0 Å². The molecule has 0 saturated heterocycles. The van der Waals surface area contributed by atoms with Crippen LogP contribution in [0.3, 0.4) is 0 Å². The minimum absolute atomic E-state index is 0.170. The van der Waals surface area contributed by atoms with E-state index in [0.29, 0.717) is 0 Å². The predicted octanol–water partition coefficient (Wildman–Crippen LogP) is 14.3. The molecule has 4 aliphatic carbocycles. The predicted molar refractivity (Wildman–Crippen MR) is 198 cm³/mol. The minimum atomic E-state index is -0.170. The molecule has 1 nitrogen and oxygen atoms in total. The second-order valence-corrected chi connectivity index (χ2v) is 17.6. The average molecular weight is 623 g/mol. The Bertz CT molecular complexity index is 803. The fraction of sp³-hybridized carbons (Fsp3) is 0.909. The van der Waals surface area contributed by atoms with Gasteiger partial charge in [-0.15, -0.1) is 0 Å². The van der Waals surface area contributed by atoms with E-state index in [-0.39, 0.29) is 11.2 Å². The smallest absolute Gasteiger partial charge is 0.0847 e. The van der Waals surface area contributed by atoms with E-state index in [0.717, 1.165) is 35.5 Å². The minimum Gasteiger partial charge on any atom is -0.361 e. The molecule has 0 heterocycles. The largest absolute Gasteiger partial charge is 0.361 e. The topological polar surface area (TPSA) is 9.23 Å². The van der Waals surface area contributed by atoms with Gasteiger partial charge in [0.15, 0.2) is 0 Å². The lowest BCUT2D eigenvalue weighted by Crippen LogP contribution is -2.41. The third kappa shape index (κ3) is 11.8. The number of hydrogen-bond acceptors (Lipinski definition) is 1. The van der Waals surface area contributed by atoms with Crippen LogP contribution in [0.1, 0.15) is 208 Å². The maximum atomic E-state index is 7.08. The van der Waals surface area contributed by atoms with Crippen molar-refractivity contribution in [3.63, 3.8) is 0 Å². The molecule has 0 aromatic heterocycles. The van der Waals surface area contributed by atoms with Gasteiger partial charge < -0.3 is 4.74 Å². The molecule has 0 radical (unpaired) electrons. The van der Waals surface area contributed by atoms with Crippen LogP contribution < -0.4 is 0 Å². The lowest BCUT2D eigenvalue weighted by Gasteiger charge is -2.43. The van der Waals surface area contributed by atoms with E-state index in [1.54, 1.807) is 11.1 Å². The summed E-state index contributed by atoms with van der Waals surface area (Å²) in [5.74, 6) is 5.85. The van der Waals surface area contributed by atoms with Crippen LogP contribution in [0.25, 0.3) is 0 Å². The Hall–Kier alpha value is -0.560. The van der Waals surface area contributed by atoms with Gasteiger partial charge in [-0.05, 0) is 139 Å². The molecule has 4 aliphatic rings. The van der Waals surface area contributed by atoms with Crippen molar-refractivity contribution in [2.75, 3.05) is 0 Å². The zero-order valence-corrected chi connectivity index (χ0v) is 31.4. The quantitative estimate of drug-likeness (QED) is 0.109. The zero-order valence-electron chi connectivity index (χ0n) is 31.4. The highest BCUT2D eigenvalue weighted by atomic mass is 16.5. The van der Waals surface area contributed by atoms with Gasteiger partial charge in [-0.1, -0.05) is 129 Å². The average Bonchev–Trinajstić information content (AvgIpc) is 3.05. The third-order valence-electron chi connectivity index (χ3n) is 13.5. The molecule has 0 spiro atoms. The van der Waals surface area contributed by atoms with Gasteiger partial charge in [0.1, 0.15) is 0 Å². The number of unbranched alkanes of at least 4 members (excludes halogenated alkanes) is 8. The monoisotopic (exact) mass is 623 g/mol. The normalized spacial score (nSPS) is 30.2. The van der Waals surface area contributed by atoms with Gasteiger partial charge in [-0.25, -0.2) is 0 Å². The van der Waals surface area contributed by atoms with Crippen molar-refractivity contribution in [2.45, 2.75) is 220 Å². The van der Waals surface area contributed by atoms with Crippen LogP contribution in [0, 0.1) is 35.5 Å². The molecule has 2 fully saturated rings. The fourth-order valence-electron chi connectivity index (χ4n) is 10.4. The lowest BCUT2D eigenvalue weighted by molar-refractivity contribution is -0.0866. The van der Waals surface area contributed by atoms with E-state index in [1.807, 2.05) is 0 Å². The molecule has 260 valence electrons. The van der Waals surface area contributed by atoms with Crippen molar-refractivity contribution in [1.82, 2.24) is 0 Å². The van der Waals surface area contributed by atoms with E-state index in [1.165, 1.54) is 167 Å². The Morgan fingerprint density at radius 3 is 1.20 bits per heavy atom. The standard InChI is InChI=1S/C44H78O/c1-7-9-11-13-15-17-35-19-23-37(24-20-35)39-27-31-41(32-28-39)43(3,4)45-44(5,6)42-33-29-40(30-34-42)38-25-21-36(22-26-38)18-16-14-12-10-8-2/h31,33,35-40H,7-30,32,34H2,1-6H3. The molecule has 45 heavy (non-hydrogen) atoms. The summed E-state index contributed by atoms with van der Waals surface area (Å²) < 4.78 is 7.08. The maximum Gasteiger partial charge on any atom is 0.0847 e. The Balaban J connectivity index is 1.16. The molecular formula is C44H78O. The van der Waals surface area contributed by atoms with Crippen LogP contribution >= 0.6 is 0 Å². The molecule has 2 saturated carbocycles. The van der Waals surface area contributed by atoms with Crippen LogP contribution in [0.5, 0.6) is 0 Å². The molecule has 4 rings (SSSR count). The third-order valence-corrected chi connectivity index (χ3v) is 13.5. The summed E-state index contributed by atoms with van der Waals surface area (Å²) in [6.45, 7) is 14.1. The van der Waals surface area contributed by atoms with Crippen molar-refractivity contribution in [3.05, 3.63) is 23.3 Å². The molecule has 0 aromatic rings. The Morgan fingerprint density at radius 2 is 0.867 bits per heavy atom. The number of rotatable bonds is 18. The maximum absolute atomic E-state index is 7.08. The summed E-state index contributed by atoms with van der Waals surface area (Å²) >= 11 is 0. The fourth-order valence-corrected chi connectivity index (χ4v) is 10.4. The van der Waals surface area contributed by atoms with Crippen molar-refractivity contribution in [3.8, 4) is 0 Å². The van der Waals surface area contributed by atoms with Gasteiger partial charge in [0.05, 0.1) is 11.2 Å². The summed E-state index contributed by atoms with van der Waals surface area (Å²) in [5, 5.41) is 0. The van der Waals surface area contributed by atoms with E-state index >= 15 is 0 Å². The van der Waals surface area contributed by atoms with Crippen molar-refractivity contribution >= 4 is 0 Å². The van der Waals surface area contributed by atoms with Gasteiger partial charge >= 0.3 is 0 Å². The molecule has 2 unspecified atom stereocenters. The summed E-state index contributed by atoms with van der Waals surface area (Å²) in [5.41, 5.74) is 2.81. The van der Waals surface area contributed by atoms with Gasteiger partial charge in [0.2, 0.25) is 0 Å². The van der Waals surface area contributed by atoms with Gasteiger partial charge in [-0.3, -0.25) is 0 Å². The van der Waals surface area contributed by atoms with E-state index in [4.69, 9.17) is 4.74 Å². The van der Waals surface area contributed by atoms with Crippen LogP contribution in [-0.4, -0.2) is 11.2 Å². The molecule has 2 atom stereocenters. The Kier molecular flexibility index (Phi) is 15.6. The molecule has 0 aliphatic heterocycles. The van der Waals surface area contributed by atoms with E-state index < -0.39 is 0 Å². The van der Waals surface area contributed by atoms with E-state index in [9.17, 15) is 0 Å². The first-order valence-electron chi connectivity index (χ1n) is 20.8. The zero-order chi connectivity index (χ0) is 32.1. The first kappa shape index (κ1) is 37.3. The molecule has 0 amide bonds. The second kappa shape index (κ2) is 18.8. The first-order valence-corrected chi connectivity index (χ1v) is 20.8. The van der Waals surface area contributed by atoms with Crippen LogP contribution in [0.2, 0.25) is 0 Å². The van der Waals surface area contributed by atoms with Crippen molar-refractivity contribution in [1.29, 1.82) is 0 Å². The first-order chi connectivity index (χ1) is 21.7. The number of allylic oxidation sites excluding steroid dienone is 2. The summed E-state index contributed by atoms with van der Waals surface area (Å²) in [7, 11) is 0. The number of ether oxygens (including phenoxy) is 1. The molecule has 0 aromatic carbocycles. The van der Waals surface area contributed by atoms with Crippen molar-refractivity contribution < 1.29 is 4.74 Å². The summed E-state index contributed by atoms with van der Waals surface area (Å²) in [6.07, 6.45) is 42.5. The number of hydrogen-bond donors (Lipinski definition) is 0. The second-order valence-electron chi connectivity index (χ2n) is 17.6. The van der Waals surface area contributed by atoms with Gasteiger partial charge in [0, 0.05) is 0 Å². The van der Waals surface area contributed by atoms with Crippen molar-refractivity contribution in [2.24, 2.45) is 35.5 Å².